The van der Waals surface area contributed by atoms with Crippen molar-refractivity contribution in [2.45, 2.75) is 0 Å². The van der Waals surface area contributed by atoms with Crippen molar-refractivity contribution < 1.29 is 0 Å². The van der Waals surface area contributed by atoms with Crippen molar-refractivity contribution in [2.75, 3.05) is 0 Å². The van der Waals surface area contributed by atoms with E-state index in [-0.39, 0.29) is 5.84 Å². The molecule has 0 atom stereocenters. The van der Waals surface area contributed by atoms with Gasteiger partial charge in [0.2, 0.25) is 0 Å². The van der Waals surface area contributed by atoms with Gasteiger partial charge in [0.15, 0.2) is 0 Å². The molecule has 0 radical (unpaired) electrons. The zero-order valence-corrected chi connectivity index (χ0v) is 6.59. The van der Waals surface area contributed by atoms with Crippen LogP contribution in [0.2, 0.25) is 0 Å². The van der Waals surface area contributed by atoms with E-state index in [2.05, 4.69) is 25.9 Å². The van der Waals surface area contributed by atoms with Crippen molar-refractivity contribution in [3.8, 4) is 0 Å². The zero-order valence-electron chi connectivity index (χ0n) is 5.00. The van der Waals surface area contributed by atoms with Crippen molar-refractivity contribution >= 4 is 21.8 Å². The molecule has 1 rings (SSSR count). The van der Waals surface area contributed by atoms with Crippen LogP contribution < -0.4 is 5.73 Å². The molecule has 0 aliphatic carbocycles. The Morgan fingerprint density at radius 1 is 1.60 bits per heavy atom. The van der Waals surface area contributed by atoms with Crippen LogP contribution in [0.25, 0.3) is 0 Å². The molecule has 10 heavy (non-hydrogen) atoms. The summed E-state index contributed by atoms with van der Waals surface area (Å²) in [6.07, 6.45) is 2.97. The third-order valence-electron chi connectivity index (χ3n) is 0.881. The minimum atomic E-state index is -0.0752. The second-order valence-electron chi connectivity index (χ2n) is 1.64. The molecule has 0 aromatic carbocycles. The maximum absolute atomic E-state index is 6.99. The number of nitrogen functional groups attached to an aromatic ring is 1. The summed E-state index contributed by atoms with van der Waals surface area (Å²) < 4.78 is 0.584. The Hall–Kier alpha value is -0.970. The van der Waals surface area contributed by atoms with Crippen LogP contribution in [0, 0.1) is 5.41 Å². The number of hydrogen-bond donors (Lipinski definition) is 2. The van der Waals surface area contributed by atoms with E-state index in [1.165, 1.54) is 12.4 Å². The Morgan fingerprint density at radius 3 is 2.70 bits per heavy atom. The number of amidine groups is 1. The van der Waals surface area contributed by atoms with Crippen molar-refractivity contribution in [3.63, 3.8) is 0 Å². The first-order chi connectivity index (χ1) is 4.70. The molecule has 52 valence electrons. The summed E-state index contributed by atoms with van der Waals surface area (Å²) in [5.41, 5.74) is 5.53. The van der Waals surface area contributed by atoms with Crippen molar-refractivity contribution in [1.82, 2.24) is 9.97 Å². The normalized spacial score (nSPS) is 9.30. The average molecular weight is 201 g/mol. The molecule has 1 aromatic heterocycles. The predicted molar refractivity (Wildman–Crippen MR) is 40.7 cm³/mol. The highest BCUT2D eigenvalue weighted by atomic mass is 79.9. The summed E-state index contributed by atoms with van der Waals surface area (Å²) in [6, 6.07) is 0. The van der Waals surface area contributed by atoms with Crippen LogP contribution in [0.4, 0.5) is 0 Å². The van der Waals surface area contributed by atoms with Crippen LogP contribution >= 0.6 is 15.9 Å². The molecule has 0 amide bonds. The average Bonchev–Trinajstić information content (AvgIpc) is 1.88. The Labute approximate surface area is 66.1 Å². The Morgan fingerprint density at radius 2 is 2.30 bits per heavy atom. The quantitative estimate of drug-likeness (QED) is 0.513. The van der Waals surface area contributed by atoms with Crippen LogP contribution in [0.3, 0.4) is 0 Å². The molecular formula is C5H5BrN4. The van der Waals surface area contributed by atoms with Gasteiger partial charge in [-0.25, -0.2) is 4.98 Å². The fourth-order valence-corrected chi connectivity index (χ4v) is 0.781. The number of nitrogens with one attached hydrogen (secondary N) is 1. The van der Waals surface area contributed by atoms with Crippen LogP contribution in [-0.4, -0.2) is 15.8 Å². The van der Waals surface area contributed by atoms with E-state index in [9.17, 15) is 0 Å². The lowest BCUT2D eigenvalue weighted by atomic mass is 10.4. The van der Waals surface area contributed by atoms with Gasteiger partial charge in [0.1, 0.15) is 16.1 Å². The van der Waals surface area contributed by atoms with Gasteiger partial charge >= 0.3 is 0 Å². The highest BCUT2D eigenvalue weighted by molar-refractivity contribution is 9.10. The first-order valence-electron chi connectivity index (χ1n) is 2.52. The van der Waals surface area contributed by atoms with Gasteiger partial charge in [-0.05, 0) is 15.9 Å². The third-order valence-corrected chi connectivity index (χ3v) is 1.26. The van der Waals surface area contributed by atoms with Crippen LogP contribution in [0.1, 0.15) is 5.69 Å². The Kier molecular flexibility index (Phi) is 1.96. The smallest absolute Gasteiger partial charge is 0.143 e. The molecule has 4 nitrogen and oxygen atoms in total. The zero-order chi connectivity index (χ0) is 7.56. The van der Waals surface area contributed by atoms with Crippen molar-refractivity contribution in [1.29, 1.82) is 5.41 Å². The van der Waals surface area contributed by atoms with Crippen LogP contribution in [-0.2, 0) is 0 Å². The number of aromatic nitrogens is 2. The van der Waals surface area contributed by atoms with E-state index < -0.39 is 0 Å². The molecule has 0 spiro atoms. The van der Waals surface area contributed by atoms with E-state index in [4.69, 9.17) is 11.1 Å². The lowest BCUT2D eigenvalue weighted by Gasteiger charge is -1.94. The molecule has 0 saturated carbocycles. The topological polar surface area (TPSA) is 75.7 Å². The van der Waals surface area contributed by atoms with Gasteiger partial charge in [0.05, 0.1) is 12.4 Å². The second kappa shape index (κ2) is 2.74. The Bertz CT molecular complexity index is 260. The monoisotopic (exact) mass is 200 g/mol. The minimum Gasteiger partial charge on any atom is -0.382 e. The Balaban J connectivity index is 3.07. The predicted octanol–water partition coefficient (Wildman–Crippen LogP) is 0.523. The number of halogens is 1. The number of hydrogen-bond acceptors (Lipinski definition) is 3. The van der Waals surface area contributed by atoms with E-state index in [1.807, 2.05) is 0 Å². The molecule has 0 saturated heterocycles. The fourth-order valence-electron chi connectivity index (χ4n) is 0.472. The highest BCUT2D eigenvalue weighted by Crippen LogP contribution is 2.02. The first kappa shape index (κ1) is 7.14. The first-order valence-corrected chi connectivity index (χ1v) is 3.31. The lowest BCUT2D eigenvalue weighted by Crippen LogP contribution is -2.13. The van der Waals surface area contributed by atoms with Crippen molar-refractivity contribution in [3.05, 3.63) is 22.7 Å². The van der Waals surface area contributed by atoms with Gasteiger partial charge in [-0.2, -0.15) is 0 Å². The van der Waals surface area contributed by atoms with Crippen molar-refractivity contribution in [2.24, 2.45) is 5.73 Å². The third kappa shape index (κ3) is 1.51. The minimum absolute atomic E-state index is 0.0752. The van der Waals surface area contributed by atoms with Gasteiger partial charge < -0.3 is 5.73 Å². The summed E-state index contributed by atoms with van der Waals surface area (Å²) in [4.78, 5) is 7.65. The highest BCUT2D eigenvalue weighted by Gasteiger charge is 1.97. The largest absolute Gasteiger partial charge is 0.382 e. The summed E-state index contributed by atoms with van der Waals surface area (Å²) >= 11 is 3.10. The molecule has 0 fully saturated rings. The second-order valence-corrected chi connectivity index (χ2v) is 2.45. The van der Waals surface area contributed by atoms with Crippen LogP contribution in [0.5, 0.6) is 0 Å². The molecular weight excluding hydrogens is 196 g/mol. The SMILES string of the molecule is N=C(N)c1cncc(Br)n1. The van der Waals surface area contributed by atoms with Gasteiger partial charge in [-0.15, -0.1) is 0 Å². The summed E-state index contributed by atoms with van der Waals surface area (Å²) in [5, 5.41) is 6.99. The summed E-state index contributed by atoms with van der Waals surface area (Å²) in [6.45, 7) is 0. The molecule has 0 aliphatic rings. The lowest BCUT2D eigenvalue weighted by molar-refractivity contribution is 1.13. The van der Waals surface area contributed by atoms with Crippen LogP contribution in [0.15, 0.2) is 17.0 Å². The molecule has 0 unspecified atom stereocenters. The number of rotatable bonds is 1. The molecule has 0 bridgehead atoms. The van der Waals surface area contributed by atoms with E-state index >= 15 is 0 Å². The summed E-state index contributed by atoms with van der Waals surface area (Å²) in [5.74, 6) is -0.0752. The van der Waals surface area contributed by atoms with Gasteiger partial charge in [0.25, 0.3) is 0 Å². The number of nitrogens with two attached hydrogens (primary N) is 1. The van der Waals surface area contributed by atoms with E-state index in [1.54, 1.807) is 0 Å². The maximum Gasteiger partial charge on any atom is 0.143 e. The van der Waals surface area contributed by atoms with E-state index in [0.29, 0.717) is 10.3 Å². The standard InChI is InChI=1S/C5H5BrN4/c6-4-2-9-1-3(10-4)5(7)8/h1-2H,(H3,7,8). The molecule has 5 heteroatoms. The van der Waals surface area contributed by atoms with Gasteiger partial charge in [-0.1, -0.05) is 0 Å². The number of nitrogens with zero attached hydrogens (tertiary/aromatic N) is 2. The molecule has 0 aliphatic heterocycles. The molecule has 1 heterocycles. The van der Waals surface area contributed by atoms with Gasteiger partial charge in [-0.3, -0.25) is 10.4 Å². The summed E-state index contributed by atoms with van der Waals surface area (Å²) in [7, 11) is 0. The molecule has 1 aromatic rings. The molecule has 3 N–H and O–H groups in total. The van der Waals surface area contributed by atoms with Gasteiger partial charge in [0, 0.05) is 0 Å². The van der Waals surface area contributed by atoms with E-state index in [0.717, 1.165) is 0 Å². The fraction of sp³-hybridized carbons (Fsp3) is 0. The maximum atomic E-state index is 6.99.